The third kappa shape index (κ3) is 2.34. The van der Waals surface area contributed by atoms with Crippen LogP contribution in [0.25, 0.3) is 34.0 Å². The molecule has 0 bridgehead atoms. The fraction of sp³-hybridized carbons (Fsp3) is 0.118. The molecular weight excluding hydrogens is 292 g/mol. The second-order valence-corrected chi connectivity index (χ2v) is 5.14. The SMILES string of the molecule is COc1cccc(-c2nc(-c3ccc(C)o3)nc3nc[nH]c23)c1. The second-order valence-electron chi connectivity index (χ2n) is 5.14. The summed E-state index contributed by atoms with van der Waals surface area (Å²) in [6.07, 6.45) is 1.61. The molecule has 0 fully saturated rings. The molecule has 0 atom stereocenters. The smallest absolute Gasteiger partial charge is 0.198 e. The van der Waals surface area contributed by atoms with E-state index in [0.29, 0.717) is 17.2 Å². The molecule has 0 aliphatic heterocycles. The van der Waals surface area contributed by atoms with Gasteiger partial charge in [-0.15, -0.1) is 0 Å². The molecule has 4 rings (SSSR count). The number of methoxy groups -OCH3 is 1. The van der Waals surface area contributed by atoms with Gasteiger partial charge in [0, 0.05) is 5.56 Å². The number of nitrogens with one attached hydrogen (secondary N) is 1. The quantitative estimate of drug-likeness (QED) is 0.626. The number of nitrogens with zero attached hydrogens (tertiary/aromatic N) is 3. The lowest BCUT2D eigenvalue weighted by Gasteiger charge is -2.06. The van der Waals surface area contributed by atoms with Crippen LogP contribution in [0.2, 0.25) is 0 Å². The summed E-state index contributed by atoms with van der Waals surface area (Å²) in [6, 6.07) is 11.5. The van der Waals surface area contributed by atoms with E-state index in [1.54, 1.807) is 13.4 Å². The van der Waals surface area contributed by atoms with Crippen molar-refractivity contribution < 1.29 is 9.15 Å². The van der Waals surface area contributed by atoms with Gasteiger partial charge in [-0.25, -0.2) is 15.0 Å². The number of ether oxygens (including phenoxy) is 1. The number of H-pyrrole nitrogens is 1. The van der Waals surface area contributed by atoms with E-state index in [4.69, 9.17) is 9.15 Å². The first-order valence-electron chi connectivity index (χ1n) is 7.17. The summed E-state index contributed by atoms with van der Waals surface area (Å²) in [7, 11) is 1.64. The number of furan rings is 1. The van der Waals surface area contributed by atoms with E-state index >= 15 is 0 Å². The van der Waals surface area contributed by atoms with E-state index in [1.165, 1.54) is 0 Å². The van der Waals surface area contributed by atoms with Crippen LogP contribution in [0.15, 0.2) is 47.1 Å². The van der Waals surface area contributed by atoms with Gasteiger partial charge in [0.25, 0.3) is 0 Å². The van der Waals surface area contributed by atoms with Gasteiger partial charge in [0.15, 0.2) is 17.2 Å². The van der Waals surface area contributed by atoms with Gasteiger partial charge in [-0.05, 0) is 31.2 Å². The zero-order valence-electron chi connectivity index (χ0n) is 12.7. The molecule has 0 aliphatic carbocycles. The third-order valence-corrected chi connectivity index (χ3v) is 3.59. The molecule has 6 nitrogen and oxygen atoms in total. The van der Waals surface area contributed by atoms with E-state index in [-0.39, 0.29) is 0 Å². The molecule has 0 saturated heterocycles. The van der Waals surface area contributed by atoms with Crippen molar-refractivity contribution in [2.24, 2.45) is 0 Å². The summed E-state index contributed by atoms with van der Waals surface area (Å²) >= 11 is 0. The summed E-state index contributed by atoms with van der Waals surface area (Å²) < 4.78 is 10.9. The first-order chi connectivity index (χ1) is 11.2. The minimum Gasteiger partial charge on any atom is -0.497 e. The van der Waals surface area contributed by atoms with Crippen molar-refractivity contribution in [2.75, 3.05) is 7.11 Å². The van der Waals surface area contributed by atoms with Crippen LogP contribution in [-0.2, 0) is 0 Å². The van der Waals surface area contributed by atoms with Crippen LogP contribution in [0.4, 0.5) is 0 Å². The lowest BCUT2D eigenvalue weighted by Crippen LogP contribution is -1.94. The minimum absolute atomic E-state index is 0.510. The lowest BCUT2D eigenvalue weighted by molar-refractivity contribution is 0.415. The summed E-state index contributed by atoms with van der Waals surface area (Å²) in [4.78, 5) is 16.5. The Morgan fingerprint density at radius 3 is 2.83 bits per heavy atom. The number of aromatic amines is 1. The Morgan fingerprint density at radius 2 is 2.04 bits per heavy atom. The summed E-state index contributed by atoms with van der Waals surface area (Å²) in [5.41, 5.74) is 3.06. The Labute approximate surface area is 132 Å². The normalized spacial score (nSPS) is 11.0. The topological polar surface area (TPSA) is 76.8 Å². The number of hydrogen-bond donors (Lipinski definition) is 1. The molecule has 114 valence electrons. The highest BCUT2D eigenvalue weighted by Gasteiger charge is 2.15. The van der Waals surface area contributed by atoms with Gasteiger partial charge in [0.2, 0.25) is 0 Å². The molecule has 1 N–H and O–H groups in total. The fourth-order valence-corrected chi connectivity index (χ4v) is 2.48. The molecule has 0 saturated carbocycles. The van der Waals surface area contributed by atoms with Crippen molar-refractivity contribution in [1.82, 2.24) is 19.9 Å². The van der Waals surface area contributed by atoms with Gasteiger partial charge in [-0.3, -0.25) is 0 Å². The number of aromatic nitrogens is 4. The number of rotatable bonds is 3. The van der Waals surface area contributed by atoms with Gasteiger partial charge in [0.1, 0.15) is 22.7 Å². The number of benzene rings is 1. The Balaban J connectivity index is 1.95. The van der Waals surface area contributed by atoms with Crippen LogP contribution in [0.3, 0.4) is 0 Å². The van der Waals surface area contributed by atoms with Crippen LogP contribution in [0, 0.1) is 6.92 Å². The monoisotopic (exact) mass is 306 g/mol. The van der Waals surface area contributed by atoms with Gasteiger partial charge < -0.3 is 14.1 Å². The predicted molar refractivity (Wildman–Crippen MR) is 86.1 cm³/mol. The summed E-state index contributed by atoms with van der Waals surface area (Å²) in [6.45, 7) is 1.89. The molecular formula is C17H14N4O2. The molecule has 1 aromatic carbocycles. The molecule has 0 unspecified atom stereocenters. The van der Waals surface area contributed by atoms with Gasteiger partial charge >= 0.3 is 0 Å². The van der Waals surface area contributed by atoms with E-state index in [1.807, 2.05) is 43.3 Å². The Morgan fingerprint density at radius 1 is 1.13 bits per heavy atom. The van der Waals surface area contributed by atoms with Gasteiger partial charge in [-0.1, -0.05) is 12.1 Å². The van der Waals surface area contributed by atoms with Gasteiger partial charge in [-0.2, -0.15) is 0 Å². The Bertz CT molecular complexity index is 987. The van der Waals surface area contributed by atoms with Crippen LogP contribution in [-0.4, -0.2) is 27.0 Å². The molecule has 3 aromatic heterocycles. The number of fused-ring (bicyclic) bond motifs is 1. The summed E-state index contributed by atoms with van der Waals surface area (Å²) in [5.74, 6) is 2.71. The average molecular weight is 306 g/mol. The predicted octanol–water partition coefficient (Wildman–Crippen LogP) is 3.60. The molecule has 3 heterocycles. The minimum atomic E-state index is 0.510. The molecule has 23 heavy (non-hydrogen) atoms. The van der Waals surface area contributed by atoms with Crippen molar-refractivity contribution in [3.8, 4) is 28.6 Å². The van der Waals surface area contributed by atoms with Crippen molar-refractivity contribution in [3.63, 3.8) is 0 Å². The number of imidazole rings is 1. The molecule has 0 radical (unpaired) electrons. The zero-order chi connectivity index (χ0) is 15.8. The molecule has 0 spiro atoms. The standard InChI is InChI=1S/C17H14N4O2/c1-10-6-7-13(23-10)16-20-14(15-17(21-16)19-9-18-15)11-4-3-5-12(8-11)22-2/h3-9H,1-2H3,(H,18,19,20,21). The molecule has 0 amide bonds. The summed E-state index contributed by atoms with van der Waals surface area (Å²) in [5, 5.41) is 0. The van der Waals surface area contributed by atoms with E-state index in [0.717, 1.165) is 28.3 Å². The van der Waals surface area contributed by atoms with Crippen LogP contribution >= 0.6 is 0 Å². The fourth-order valence-electron chi connectivity index (χ4n) is 2.48. The molecule has 0 aliphatic rings. The highest BCUT2D eigenvalue weighted by atomic mass is 16.5. The highest BCUT2D eigenvalue weighted by molar-refractivity contribution is 5.88. The maximum absolute atomic E-state index is 5.64. The van der Waals surface area contributed by atoms with Crippen LogP contribution in [0.5, 0.6) is 5.75 Å². The van der Waals surface area contributed by atoms with Crippen molar-refractivity contribution >= 4 is 11.2 Å². The second kappa shape index (κ2) is 5.24. The molecule has 4 aromatic rings. The maximum atomic E-state index is 5.64. The third-order valence-electron chi connectivity index (χ3n) is 3.59. The van der Waals surface area contributed by atoms with Crippen LogP contribution < -0.4 is 4.74 Å². The largest absolute Gasteiger partial charge is 0.497 e. The van der Waals surface area contributed by atoms with E-state index < -0.39 is 0 Å². The Kier molecular flexibility index (Phi) is 3.08. The number of aryl methyl sites for hydroxylation is 1. The lowest BCUT2D eigenvalue weighted by atomic mass is 10.1. The van der Waals surface area contributed by atoms with Crippen molar-refractivity contribution in [3.05, 3.63) is 48.5 Å². The van der Waals surface area contributed by atoms with E-state index in [2.05, 4.69) is 19.9 Å². The average Bonchev–Trinajstić information content (AvgIpc) is 3.22. The highest BCUT2D eigenvalue weighted by Crippen LogP contribution is 2.29. The first-order valence-corrected chi connectivity index (χ1v) is 7.17. The maximum Gasteiger partial charge on any atom is 0.198 e. The van der Waals surface area contributed by atoms with Crippen molar-refractivity contribution in [2.45, 2.75) is 6.92 Å². The Hall–Kier alpha value is -3.15. The van der Waals surface area contributed by atoms with E-state index in [9.17, 15) is 0 Å². The van der Waals surface area contributed by atoms with Crippen LogP contribution in [0.1, 0.15) is 5.76 Å². The first kappa shape index (κ1) is 13.5. The molecule has 6 heteroatoms. The zero-order valence-corrected chi connectivity index (χ0v) is 12.7. The van der Waals surface area contributed by atoms with Crippen molar-refractivity contribution in [1.29, 1.82) is 0 Å². The van der Waals surface area contributed by atoms with Gasteiger partial charge in [0.05, 0.1) is 13.4 Å². The number of hydrogen-bond acceptors (Lipinski definition) is 5.